The molecule has 1 heterocycles. The molecule has 0 aliphatic heterocycles. The number of hydrogen-bond donors (Lipinski definition) is 2. The fourth-order valence-electron chi connectivity index (χ4n) is 2.53. The number of unbranched alkanes of at least 4 members (excludes halogenated alkanes) is 1. The van der Waals surface area contributed by atoms with E-state index in [1.807, 2.05) is 25.5 Å². The third-order valence-corrected chi connectivity index (χ3v) is 4.26. The van der Waals surface area contributed by atoms with E-state index in [1.165, 1.54) is 0 Å². The van der Waals surface area contributed by atoms with Gasteiger partial charge in [-0.1, -0.05) is 31.0 Å². The van der Waals surface area contributed by atoms with Crippen molar-refractivity contribution in [2.24, 2.45) is 12.0 Å². The SMILES string of the molecule is CCCCNC(=NCc1cc(C)ccc1OC(F)F)NCc1nnc(C)n1C. The van der Waals surface area contributed by atoms with Crippen LogP contribution in [0.2, 0.25) is 0 Å². The molecule has 0 saturated carbocycles. The first-order valence-corrected chi connectivity index (χ1v) is 9.32. The minimum atomic E-state index is -2.87. The van der Waals surface area contributed by atoms with Gasteiger partial charge in [0, 0.05) is 19.2 Å². The number of aryl methyl sites for hydroxylation is 2. The Hall–Kier alpha value is -2.71. The van der Waals surface area contributed by atoms with Crippen LogP contribution >= 0.6 is 0 Å². The second-order valence-electron chi connectivity index (χ2n) is 6.51. The van der Waals surface area contributed by atoms with E-state index in [9.17, 15) is 8.78 Å². The van der Waals surface area contributed by atoms with Gasteiger partial charge >= 0.3 is 6.61 Å². The van der Waals surface area contributed by atoms with E-state index in [2.05, 4.69) is 37.5 Å². The molecule has 0 aliphatic carbocycles. The second kappa shape index (κ2) is 10.6. The Morgan fingerprint density at radius 2 is 2.04 bits per heavy atom. The van der Waals surface area contributed by atoms with Crippen LogP contribution < -0.4 is 15.4 Å². The van der Waals surface area contributed by atoms with Crippen molar-refractivity contribution < 1.29 is 13.5 Å². The molecule has 154 valence electrons. The fraction of sp³-hybridized carbons (Fsp3) is 0.526. The van der Waals surface area contributed by atoms with Crippen molar-refractivity contribution in [3.05, 3.63) is 41.0 Å². The van der Waals surface area contributed by atoms with Crippen LogP contribution in [0.5, 0.6) is 5.75 Å². The fourth-order valence-corrected chi connectivity index (χ4v) is 2.53. The molecule has 0 spiro atoms. The van der Waals surface area contributed by atoms with E-state index in [4.69, 9.17) is 0 Å². The molecule has 0 radical (unpaired) electrons. The van der Waals surface area contributed by atoms with Gasteiger partial charge in [0.2, 0.25) is 0 Å². The topological polar surface area (TPSA) is 76.4 Å². The molecule has 9 heteroatoms. The molecule has 0 bridgehead atoms. The van der Waals surface area contributed by atoms with Gasteiger partial charge in [0.05, 0.1) is 13.1 Å². The van der Waals surface area contributed by atoms with Crippen LogP contribution in [0.4, 0.5) is 8.78 Å². The lowest BCUT2D eigenvalue weighted by Gasteiger charge is -2.14. The number of aliphatic imine (C=N–C) groups is 1. The van der Waals surface area contributed by atoms with E-state index >= 15 is 0 Å². The van der Waals surface area contributed by atoms with Crippen LogP contribution in [-0.4, -0.2) is 33.9 Å². The van der Waals surface area contributed by atoms with Gasteiger partial charge in [-0.05, 0) is 26.3 Å². The Kier molecular flexibility index (Phi) is 8.16. The summed E-state index contributed by atoms with van der Waals surface area (Å²) in [5.74, 6) is 2.32. The van der Waals surface area contributed by atoms with Gasteiger partial charge in [-0.2, -0.15) is 8.78 Å². The quantitative estimate of drug-likeness (QED) is 0.388. The third kappa shape index (κ3) is 6.47. The van der Waals surface area contributed by atoms with Gasteiger partial charge < -0.3 is 19.9 Å². The Balaban J connectivity index is 2.12. The van der Waals surface area contributed by atoms with E-state index in [0.717, 1.165) is 36.6 Å². The second-order valence-corrected chi connectivity index (χ2v) is 6.51. The number of halogens is 2. The predicted octanol–water partition coefficient (Wildman–Crippen LogP) is 3.07. The zero-order valence-electron chi connectivity index (χ0n) is 16.8. The number of alkyl halides is 2. The number of guanidine groups is 1. The zero-order valence-corrected chi connectivity index (χ0v) is 16.8. The van der Waals surface area contributed by atoms with Crippen molar-refractivity contribution in [2.75, 3.05) is 6.54 Å². The maximum absolute atomic E-state index is 12.7. The average Bonchev–Trinajstić information content (AvgIpc) is 2.97. The van der Waals surface area contributed by atoms with Gasteiger partial charge in [-0.3, -0.25) is 0 Å². The Morgan fingerprint density at radius 3 is 2.68 bits per heavy atom. The summed E-state index contributed by atoms with van der Waals surface area (Å²) in [5.41, 5.74) is 1.56. The molecule has 0 atom stereocenters. The third-order valence-electron chi connectivity index (χ3n) is 4.26. The van der Waals surface area contributed by atoms with Gasteiger partial charge in [0.25, 0.3) is 0 Å². The van der Waals surface area contributed by atoms with Crippen molar-refractivity contribution >= 4 is 5.96 Å². The minimum absolute atomic E-state index is 0.140. The number of rotatable bonds is 9. The van der Waals surface area contributed by atoms with Crippen LogP contribution in [0.3, 0.4) is 0 Å². The molecule has 2 N–H and O–H groups in total. The summed E-state index contributed by atoms with van der Waals surface area (Å²) < 4.78 is 31.8. The Labute approximate surface area is 164 Å². The first-order chi connectivity index (χ1) is 13.4. The molecular formula is C19H28F2N6O. The Bertz CT molecular complexity index is 791. The van der Waals surface area contributed by atoms with Gasteiger partial charge in [-0.15, -0.1) is 10.2 Å². The first-order valence-electron chi connectivity index (χ1n) is 9.32. The van der Waals surface area contributed by atoms with Crippen LogP contribution in [0.15, 0.2) is 23.2 Å². The monoisotopic (exact) mass is 394 g/mol. The largest absolute Gasteiger partial charge is 0.434 e. The van der Waals surface area contributed by atoms with E-state index in [1.54, 1.807) is 18.2 Å². The van der Waals surface area contributed by atoms with Crippen molar-refractivity contribution in [1.29, 1.82) is 0 Å². The number of ether oxygens (including phenoxy) is 1. The lowest BCUT2D eigenvalue weighted by Crippen LogP contribution is -2.38. The average molecular weight is 394 g/mol. The highest BCUT2D eigenvalue weighted by Gasteiger charge is 2.11. The van der Waals surface area contributed by atoms with Gasteiger partial charge in [0.15, 0.2) is 11.8 Å². The summed E-state index contributed by atoms with van der Waals surface area (Å²) >= 11 is 0. The predicted molar refractivity (Wildman–Crippen MR) is 104 cm³/mol. The van der Waals surface area contributed by atoms with Crippen molar-refractivity contribution in [3.63, 3.8) is 0 Å². The molecule has 0 fully saturated rings. The summed E-state index contributed by atoms with van der Waals surface area (Å²) in [6.07, 6.45) is 2.04. The lowest BCUT2D eigenvalue weighted by atomic mass is 10.1. The first kappa shape index (κ1) is 21.6. The molecule has 28 heavy (non-hydrogen) atoms. The number of benzene rings is 1. The summed E-state index contributed by atoms with van der Waals surface area (Å²) in [4.78, 5) is 4.54. The number of nitrogens with zero attached hydrogens (tertiary/aromatic N) is 4. The van der Waals surface area contributed by atoms with Crippen LogP contribution in [-0.2, 0) is 20.1 Å². The summed E-state index contributed by atoms with van der Waals surface area (Å²) in [6, 6.07) is 5.09. The molecule has 1 aromatic heterocycles. The highest BCUT2D eigenvalue weighted by atomic mass is 19.3. The summed E-state index contributed by atoms with van der Waals surface area (Å²) in [5, 5.41) is 14.6. The minimum Gasteiger partial charge on any atom is -0.434 e. The normalized spacial score (nSPS) is 11.8. The van der Waals surface area contributed by atoms with Crippen molar-refractivity contribution in [1.82, 2.24) is 25.4 Å². The van der Waals surface area contributed by atoms with E-state index in [0.29, 0.717) is 18.1 Å². The van der Waals surface area contributed by atoms with Gasteiger partial charge in [0.1, 0.15) is 11.6 Å². The highest BCUT2D eigenvalue weighted by Crippen LogP contribution is 2.22. The molecule has 0 aliphatic rings. The molecule has 0 unspecified atom stereocenters. The zero-order chi connectivity index (χ0) is 20.5. The standard InChI is InChI=1S/C19H28F2N6O/c1-5-6-9-22-19(24-12-17-26-25-14(3)27(17)4)23-11-15-10-13(2)7-8-16(15)28-18(20)21/h7-8,10,18H,5-6,9,11-12H2,1-4H3,(H2,22,23,24). The molecule has 0 amide bonds. The van der Waals surface area contributed by atoms with E-state index in [-0.39, 0.29) is 12.3 Å². The smallest absolute Gasteiger partial charge is 0.387 e. The molecule has 1 aromatic carbocycles. The van der Waals surface area contributed by atoms with Crippen LogP contribution in [0.25, 0.3) is 0 Å². The maximum Gasteiger partial charge on any atom is 0.387 e. The maximum atomic E-state index is 12.7. The molecular weight excluding hydrogens is 366 g/mol. The Morgan fingerprint density at radius 1 is 1.25 bits per heavy atom. The summed E-state index contributed by atoms with van der Waals surface area (Å²) in [7, 11) is 1.90. The molecule has 7 nitrogen and oxygen atoms in total. The molecule has 0 saturated heterocycles. The summed E-state index contributed by atoms with van der Waals surface area (Å²) in [6.45, 7) is 4.43. The molecule has 2 rings (SSSR count). The highest BCUT2D eigenvalue weighted by molar-refractivity contribution is 5.79. The van der Waals surface area contributed by atoms with Crippen LogP contribution in [0.1, 0.15) is 42.5 Å². The lowest BCUT2D eigenvalue weighted by molar-refractivity contribution is -0.0504. The number of aromatic nitrogens is 3. The number of hydrogen-bond acceptors (Lipinski definition) is 4. The van der Waals surface area contributed by atoms with Crippen molar-refractivity contribution in [3.8, 4) is 5.75 Å². The van der Waals surface area contributed by atoms with Crippen LogP contribution in [0, 0.1) is 13.8 Å². The van der Waals surface area contributed by atoms with E-state index < -0.39 is 6.61 Å². The van der Waals surface area contributed by atoms with Crippen molar-refractivity contribution in [2.45, 2.75) is 53.3 Å². The van der Waals surface area contributed by atoms with Gasteiger partial charge in [-0.25, -0.2) is 4.99 Å². The molecule has 2 aromatic rings. The number of nitrogens with one attached hydrogen (secondary N) is 2.